The maximum atomic E-state index is 12.6. The molecule has 0 fully saturated rings. The normalized spacial score (nSPS) is 13.9. The first-order valence-corrected chi connectivity index (χ1v) is 10.00. The number of ether oxygens (including phenoxy) is 1. The van der Waals surface area contributed by atoms with Crippen LogP contribution in [0.2, 0.25) is 0 Å². The smallest absolute Gasteiger partial charge is 0.265 e. The number of aryl methyl sites for hydroxylation is 1. The summed E-state index contributed by atoms with van der Waals surface area (Å²) in [5.41, 5.74) is 4.44. The SMILES string of the molecule is Cc1ccc2c(c1)N(Cc1ccc(C(=O)N[C@H](C)c3ccccc3)cc1)C(=O)CO2. The third-order valence-corrected chi connectivity index (χ3v) is 5.26. The Hall–Kier alpha value is -3.60. The van der Waals surface area contributed by atoms with Crippen molar-refractivity contribution in [3.8, 4) is 5.75 Å². The van der Waals surface area contributed by atoms with Gasteiger partial charge in [0.1, 0.15) is 5.75 Å². The second kappa shape index (κ2) is 8.41. The van der Waals surface area contributed by atoms with Gasteiger partial charge in [0.15, 0.2) is 6.61 Å². The lowest BCUT2D eigenvalue weighted by atomic mass is 10.1. The number of anilines is 1. The maximum Gasteiger partial charge on any atom is 0.265 e. The highest BCUT2D eigenvalue weighted by atomic mass is 16.5. The molecule has 5 heteroatoms. The van der Waals surface area contributed by atoms with Gasteiger partial charge in [-0.05, 0) is 54.8 Å². The number of nitrogens with one attached hydrogen (secondary N) is 1. The van der Waals surface area contributed by atoms with Gasteiger partial charge in [0.05, 0.1) is 18.3 Å². The molecular formula is C25H24N2O3. The van der Waals surface area contributed by atoms with Gasteiger partial charge in [0, 0.05) is 5.56 Å². The molecule has 0 radical (unpaired) electrons. The Balaban J connectivity index is 1.46. The van der Waals surface area contributed by atoms with Gasteiger partial charge in [0.25, 0.3) is 11.8 Å². The van der Waals surface area contributed by atoms with Crippen LogP contribution in [-0.2, 0) is 11.3 Å². The minimum atomic E-state index is -0.124. The molecule has 0 spiro atoms. The summed E-state index contributed by atoms with van der Waals surface area (Å²) in [7, 11) is 0. The number of fused-ring (bicyclic) bond motifs is 1. The number of hydrogen-bond acceptors (Lipinski definition) is 3. The Morgan fingerprint density at radius 1 is 1.07 bits per heavy atom. The molecule has 0 aliphatic carbocycles. The van der Waals surface area contributed by atoms with Gasteiger partial charge >= 0.3 is 0 Å². The molecular weight excluding hydrogens is 376 g/mol. The van der Waals surface area contributed by atoms with E-state index in [4.69, 9.17) is 4.74 Å². The Kier molecular flexibility index (Phi) is 5.53. The first kappa shape index (κ1) is 19.7. The quantitative estimate of drug-likeness (QED) is 0.690. The highest BCUT2D eigenvalue weighted by molar-refractivity contribution is 5.98. The van der Waals surface area contributed by atoms with Crippen molar-refractivity contribution in [2.45, 2.75) is 26.4 Å². The lowest BCUT2D eigenvalue weighted by Gasteiger charge is -2.29. The van der Waals surface area contributed by atoms with Crippen molar-refractivity contribution in [2.24, 2.45) is 0 Å². The van der Waals surface area contributed by atoms with E-state index < -0.39 is 0 Å². The predicted molar refractivity (Wildman–Crippen MR) is 117 cm³/mol. The van der Waals surface area contributed by atoms with Crippen LogP contribution in [0.5, 0.6) is 5.75 Å². The number of hydrogen-bond donors (Lipinski definition) is 1. The van der Waals surface area contributed by atoms with Gasteiger partial charge in [0.2, 0.25) is 0 Å². The topological polar surface area (TPSA) is 58.6 Å². The molecule has 1 heterocycles. The number of amides is 2. The number of benzene rings is 3. The third-order valence-electron chi connectivity index (χ3n) is 5.26. The van der Waals surface area contributed by atoms with Crippen LogP contribution in [0.4, 0.5) is 5.69 Å². The molecule has 0 bridgehead atoms. The Morgan fingerprint density at radius 2 is 1.80 bits per heavy atom. The summed E-state index contributed by atoms with van der Waals surface area (Å²) in [5, 5.41) is 3.02. The molecule has 1 aliphatic rings. The van der Waals surface area contributed by atoms with Crippen LogP contribution in [0.1, 0.15) is 40.0 Å². The van der Waals surface area contributed by atoms with E-state index in [2.05, 4.69) is 5.32 Å². The van der Waals surface area contributed by atoms with Gasteiger partial charge in [-0.15, -0.1) is 0 Å². The second-order valence-electron chi connectivity index (χ2n) is 7.54. The van der Waals surface area contributed by atoms with Crippen LogP contribution < -0.4 is 15.0 Å². The number of carbonyl (C=O) groups is 2. The Morgan fingerprint density at radius 3 is 2.53 bits per heavy atom. The Bertz CT molecular complexity index is 1060. The molecule has 3 aromatic rings. The van der Waals surface area contributed by atoms with Crippen LogP contribution in [-0.4, -0.2) is 18.4 Å². The van der Waals surface area contributed by atoms with Crippen molar-refractivity contribution < 1.29 is 14.3 Å². The van der Waals surface area contributed by atoms with Gasteiger partial charge in [-0.3, -0.25) is 9.59 Å². The second-order valence-corrected chi connectivity index (χ2v) is 7.54. The highest BCUT2D eigenvalue weighted by Gasteiger charge is 2.25. The molecule has 1 aliphatic heterocycles. The summed E-state index contributed by atoms with van der Waals surface area (Å²) < 4.78 is 5.54. The molecule has 4 rings (SSSR count). The monoisotopic (exact) mass is 400 g/mol. The molecule has 0 unspecified atom stereocenters. The van der Waals surface area contributed by atoms with E-state index in [-0.39, 0.29) is 24.5 Å². The van der Waals surface area contributed by atoms with Gasteiger partial charge in [-0.2, -0.15) is 0 Å². The van der Waals surface area contributed by atoms with Crippen molar-refractivity contribution in [1.82, 2.24) is 5.32 Å². The summed E-state index contributed by atoms with van der Waals surface area (Å²) in [5.74, 6) is 0.513. The molecule has 3 aromatic carbocycles. The van der Waals surface area contributed by atoms with Crippen LogP contribution in [0.25, 0.3) is 0 Å². The minimum Gasteiger partial charge on any atom is -0.482 e. The lowest BCUT2D eigenvalue weighted by molar-refractivity contribution is -0.121. The summed E-state index contributed by atoms with van der Waals surface area (Å²) in [4.78, 5) is 26.8. The summed E-state index contributed by atoms with van der Waals surface area (Å²) in [6.45, 7) is 4.42. The van der Waals surface area contributed by atoms with Gasteiger partial charge < -0.3 is 15.0 Å². The van der Waals surface area contributed by atoms with Crippen molar-refractivity contribution in [2.75, 3.05) is 11.5 Å². The third kappa shape index (κ3) is 4.20. The van der Waals surface area contributed by atoms with Crippen LogP contribution in [0, 0.1) is 6.92 Å². The highest BCUT2D eigenvalue weighted by Crippen LogP contribution is 2.33. The molecule has 152 valence electrons. The van der Waals surface area contributed by atoms with Crippen molar-refractivity contribution >= 4 is 17.5 Å². The van der Waals surface area contributed by atoms with Crippen LogP contribution >= 0.6 is 0 Å². The van der Waals surface area contributed by atoms with Crippen molar-refractivity contribution in [3.63, 3.8) is 0 Å². The fourth-order valence-electron chi connectivity index (χ4n) is 3.53. The first-order chi connectivity index (χ1) is 14.5. The average Bonchev–Trinajstić information content (AvgIpc) is 2.77. The molecule has 1 atom stereocenters. The van der Waals surface area contributed by atoms with E-state index in [1.807, 2.05) is 74.5 Å². The van der Waals surface area contributed by atoms with Gasteiger partial charge in [-0.25, -0.2) is 0 Å². The molecule has 5 nitrogen and oxygen atoms in total. The molecule has 0 saturated carbocycles. The molecule has 0 saturated heterocycles. The van der Waals surface area contributed by atoms with Crippen molar-refractivity contribution in [1.29, 1.82) is 0 Å². The fraction of sp³-hybridized carbons (Fsp3) is 0.200. The number of nitrogens with zero attached hydrogens (tertiary/aromatic N) is 1. The predicted octanol–water partition coefficient (Wildman–Crippen LogP) is 4.41. The van der Waals surface area contributed by atoms with E-state index in [1.165, 1.54) is 0 Å². The maximum absolute atomic E-state index is 12.6. The zero-order chi connectivity index (χ0) is 21.1. The molecule has 1 N–H and O–H groups in total. The minimum absolute atomic E-state index is 0.0356. The van der Waals surface area contributed by atoms with E-state index >= 15 is 0 Å². The van der Waals surface area contributed by atoms with E-state index in [0.29, 0.717) is 17.9 Å². The number of carbonyl (C=O) groups excluding carboxylic acids is 2. The summed E-state index contributed by atoms with van der Waals surface area (Å²) in [6.07, 6.45) is 0. The first-order valence-electron chi connectivity index (χ1n) is 10.00. The van der Waals surface area contributed by atoms with Crippen LogP contribution in [0.15, 0.2) is 72.8 Å². The zero-order valence-electron chi connectivity index (χ0n) is 17.1. The average molecular weight is 400 g/mol. The molecule has 30 heavy (non-hydrogen) atoms. The van der Waals surface area contributed by atoms with E-state index in [1.54, 1.807) is 17.0 Å². The summed E-state index contributed by atoms with van der Waals surface area (Å²) >= 11 is 0. The van der Waals surface area contributed by atoms with Crippen molar-refractivity contribution in [3.05, 3.63) is 95.1 Å². The van der Waals surface area contributed by atoms with Gasteiger partial charge in [-0.1, -0.05) is 48.5 Å². The molecule has 2 amide bonds. The molecule has 0 aromatic heterocycles. The lowest BCUT2D eigenvalue weighted by Crippen LogP contribution is -2.38. The summed E-state index contributed by atoms with van der Waals surface area (Å²) in [6, 6.07) is 23.0. The number of rotatable bonds is 5. The van der Waals surface area contributed by atoms with E-state index in [0.717, 1.165) is 22.4 Å². The Labute approximate surface area is 176 Å². The largest absolute Gasteiger partial charge is 0.482 e. The zero-order valence-corrected chi connectivity index (χ0v) is 17.1. The van der Waals surface area contributed by atoms with Crippen LogP contribution in [0.3, 0.4) is 0 Å². The van der Waals surface area contributed by atoms with E-state index in [9.17, 15) is 9.59 Å². The fourth-order valence-corrected chi connectivity index (χ4v) is 3.53. The standard InChI is InChI=1S/C25H24N2O3/c1-17-8-13-23-22(14-17)27(24(28)16-30-23)15-19-9-11-21(12-10-19)25(29)26-18(2)20-6-4-3-5-7-20/h3-14,18H,15-16H2,1-2H3,(H,26,29)/t18-/m1/s1.